The first kappa shape index (κ1) is 23.1. The molecule has 0 spiro atoms. The van der Waals surface area contributed by atoms with Gasteiger partial charge in [-0.05, 0) is 49.9 Å². The van der Waals surface area contributed by atoms with Gasteiger partial charge in [0.05, 0.1) is 41.8 Å². The van der Waals surface area contributed by atoms with Gasteiger partial charge in [-0.15, -0.1) is 0 Å². The number of ether oxygens (including phenoxy) is 4. The number of likely N-dealkylation sites (N-methyl/N-ethyl adjacent to an activating group) is 1. The Kier molecular flexibility index (Phi) is 4.54. The van der Waals surface area contributed by atoms with E-state index in [0.717, 1.165) is 66.2 Å². The van der Waals surface area contributed by atoms with Crippen LogP contribution in [0.3, 0.4) is 0 Å². The molecule has 0 saturated carbocycles. The molecule has 4 atom stereocenters. The fourth-order valence-electron chi connectivity index (χ4n) is 7.65. The van der Waals surface area contributed by atoms with Crippen molar-refractivity contribution in [3.8, 4) is 11.5 Å². The number of nitrogens with zero attached hydrogens (tertiary/aromatic N) is 2. The minimum atomic E-state index is -0.846. The Bertz CT molecular complexity index is 1890. The van der Waals surface area contributed by atoms with Crippen molar-refractivity contribution < 1.29 is 23.7 Å². The Hall–Kier alpha value is -3.79. The average molecular weight is 527 g/mol. The van der Waals surface area contributed by atoms with Crippen LogP contribution in [0.1, 0.15) is 35.5 Å². The van der Waals surface area contributed by atoms with Gasteiger partial charge in [-0.25, -0.2) is 0 Å². The second-order valence-corrected chi connectivity index (χ2v) is 10.9. The molecule has 3 aliphatic rings. The van der Waals surface area contributed by atoms with Gasteiger partial charge in [-0.2, -0.15) is 0 Å². The van der Waals surface area contributed by atoms with Gasteiger partial charge < -0.3 is 38.7 Å². The summed E-state index contributed by atoms with van der Waals surface area (Å²) >= 11 is 0. The molecule has 8 rings (SSSR count). The van der Waals surface area contributed by atoms with Crippen LogP contribution in [0.25, 0.3) is 43.6 Å². The topological polar surface area (TPSA) is 87.9 Å². The molecule has 9 heteroatoms. The van der Waals surface area contributed by atoms with Gasteiger partial charge in [0, 0.05) is 53.7 Å². The van der Waals surface area contributed by atoms with Crippen LogP contribution < -0.4 is 20.1 Å². The zero-order valence-corrected chi connectivity index (χ0v) is 22.5. The molecule has 1 fully saturated rings. The van der Waals surface area contributed by atoms with Crippen molar-refractivity contribution in [1.82, 2.24) is 19.8 Å². The molecular weight excluding hydrogens is 496 g/mol. The number of nitrogens with one attached hydrogen (secondary N) is 2. The number of aromatic nitrogens is 2. The quantitative estimate of drug-likeness (QED) is 0.362. The second-order valence-electron chi connectivity index (χ2n) is 10.9. The van der Waals surface area contributed by atoms with E-state index in [1.54, 1.807) is 21.3 Å². The zero-order valence-electron chi connectivity index (χ0n) is 22.5. The molecule has 0 unspecified atom stereocenters. The first-order chi connectivity index (χ1) is 18.9. The van der Waals surface area contributed by atoms with E-state index in [4.69, 9.17) is 18.9 Å². The molecule has 1 saturated heterocycles. The molecular formula is C30H30N4O5. The Morgan fingerprint density at radius 3 is 2.51 bits per heavy atom. The highest BCUT2D eigenvalue weighted by Crippen LogP contribution is 2.54. The SMILES string of the molecule is CN[C@@H]1C[C@H]2O[C@@](C)([C@@H]1OC)n1c3ccc(OC)cc3c3c4c(c5c6ccc(OC)cc6n2c5c31)C(=O)NC4. The number of methoxy groups -OCH3 is 3. The van der Waals surface area contributed by atoms with Crippen LogP contribution in [0.4, 0.5) is 0 Å². The first-order valence-electron chi connectivity index (χ1n) is 13.3. The van der Waals surface area contributed by atoms with Crippen LogP contribution in [-0.4, -0.2) is 55.6 Å². The molecule has 0 radical (unpaired) electrons. The molecule has 200 valence electrons. The number of hydrogen-bond acceptors (Lipinski definition) is 6. The number of benzene rings is 3. The number of carbonyl (C=O) groups is 1. The highest BCUT2D eigenvalue weighted by Gasteiger charge is 2.53. The predicted molar refractivity (Wildman–Crippen MR) is 149 cm³/mol. The Labute approximate surface area is 224 Å². The average Bonchev–Trinajstić information content (AvgIpc) is 3.59. The van der Waals surface area contributed by atoms with Gasteiger partial charge in [0.15, 0.2) is 5.72 Å². The lowest BCUT2D eigenvalue weighted by atomic mass is 9.93. The van der Waals surface area contributed by atoms with Crippen molar-refractivity contribution in [2.75, 3.05) is 28.4 Å². The molecule has 39 heavy (non-hydrogen) atoms. The largest absolute Gasteiger partial charge is 0.497 e. The molecule has 3 aromatic carbocycles. The minimum absolute atomic E-state index is 0.0204. The van der Waals surface area contributed by atoms with E-state index < -0.39 is 5.72 Å². The van der Waals surface area contributed by atoms with Crippen LogP contribution in [0, 0.1) is 0 Å². The van der Waals surface area contributed by atoms with Crippen LogP contribution in [0.15, 0.2) is 36.4 Å². The van der Waals surface area contributed by atoms with E-state index in [1.807, 2.05) is 19.2 Å². The van der Waals surface area contributed by atoms with Crippen molar-refractivity contribution in [3.05, 3.63) is 47.5 Å². The third kappa shape index (κ3) is 2.63. The fourth-order valence-corrected chi connectivity index (χ4v) is 7.65. The third-order valence-electron chi connectivity index (χ3n) is 9.20. The smallest absolute Gasteiger partial charge is 0.252 e. The van der Waals surface area contributed by atoms with Gasteiger partial charge in [0.25, 0.3) is 5.91 Å². The molecule has 5 heterocycles. The van der Waals surface area contributed by atoms with Crippen LogP contribution in [0.5, 0.6) is 11.5 Å². The van der Waals surface area contributed by atoms with Crippen molar-refractivity contribution in [2.24, 2.45) is 0 Å². The van der Waals surface area contributed by atoms with E-state index in [2.05, 4.69) is 51.0 Å². The van der Waals surface area contributed by atoms with E-state index in [0.29, 0.717) is 13.0 Å². The van der Waals surface area contributed by atoms with E-state index in [1.165, 1.54) is 0 Å². The van der Waals surface area contributed by atoms with E-state index in [9.17, 15) is 4.79 Å². The number of carbonyl (C=O) groups excluding carboxylic acids is 1. The molecule has 1 amide bonds. The standard InChI is InChI=1S/C30H30N4O5/c1-30-28(38-5)19(31-2)12-22(39-30)33-21-11-15(37-4)6-8-16(21)24-25-18(13-32-29(25)35)23-17-10-14(36-3)7-9-20(17)34(30)27(23)26(24)33/h6-11,19,22,28,31H,12-13H2,1-5H3,(H,32,35)/t19-,22-,28-,30+/m1/s1. The molecule has 2 N–H and O–H groups in total. The summed E-state index contributed by atoms with van der Waals surface area (Å²) in [6.07, 6.45) is 0.125. The summed E-state index contributed by atoms with van der Waals surface area (Å²) in [6.45, 7) is 2.59. The maximum atomic E-state index is 13.5. The summed E-state index contributed by atoms with van der Waals surface area (Å²) in [4.78, 5) is 13.5. The molecule has 2 bridgehead atoms. The number of hydrogen-bond donors (Lipinski definition) is 2. The Morgan fingerprint density at radius 1 is 1.00 bits per heavy atom. The lowest BCUT2D eigenvalue weighted by molar-refractivity contribution is -0.256. The van der Waals surface area contributed by atoms with Crippen molar-refractivity contribution in [3.63, 3.8) is 0 Å². The third-order valence-corrected chi connectivity index (χ3v) is 9.20. The van der Waals surface area contributed by atoms with Crippen molar-refractivity contribution >= 4 is 49.5 Å². The normalized spacial score (nSPS) is 25.6. The first-order valence-corrected chi connectivity index (χ1v) is 13.3. The molecule has 0 aliphatic carbocycles. The summed E-state index contributed by atoms with van der Waals surface area (Å²) in [5, 5.41) is 10.7. The van der Waals surface area contributed by atoms with Gasteiger partial charge in [0.2, 0.25) is 0 Å². The number of rotatable bonds is 4. The predicted octanol–water partition coefficient (Wildman–Crippen LogP) is 4.37. The molecule has 2 aromatic heterocycles. The van der Waals surface area contributed by atoms with Crippen molar-refractivity contribution in [1.29, 1.82) is 0 Å². The van der Waals surface area contributed by atoms with E-state index in [-0.39, 0.29) is 24.3 Å². The highest BCUT2D eigenvalue weighted by molar-refractivity contribution is 6.31. The van der Waals surface area contributed by atoms with Gasteiger partial charge in [-0.3, -0.25) is 4.79 Å². The summed E-state index contributed by atoms with van der Waals surface area (Å²) in [5.74, 6) is 1.47. The second kappa shape index (κ2) is 7.65. The monoisotopic (exact) mass is 526 g/mol. The molecule has 5 aromatic rings. The zero-order chi connectivity index (χ0) is 26.8. The number of fused-ring (bicyclic) bond motifs is 13. The Balaban J connectivity index is 1.70. The maximum Gasteiger partial charge on any atom is 0.252 e. The van der Waals surface area contributed by atoms with Crippen LogP contribution in [-0.2, 0) is 21.7 Å². The Morgan fingerprint density at radius 2 is 1.77 bits per heavy atom. The summed E-state index contributed by atoms with van der Waals surface area (Å²) in [7, 11) is 7.08. The lowest BCUT2D eigenvalue weighted by Crippen LogP contribution is -2.59. The van der Waals surface area contributed by atoms with E-state index >= 15 is 0 Å². The van der Waals surface area contributed by atoms with Crippen LogP contribution in [0.2, 0.25) is 0 Å². The summed E-state index contributed by atoms with van der Waals surface area (Å²) < 4.78 is 29.3. The van der Waals surface area contributed by atoms with Gasteiger partial charge >= 0.3 is 0 Å². The highest BCUT2D eigenvalue weighted by atomic mass is 16.6. The number of amides is 1. The van der Waals surface area contributed by atoms with Gasteiger partial charge in [-0.1, -0.05) is 0 Å². The lowest BCUT2D eigenvalue weighted by Gasteiger charge is -2.48. The fraction of sp³-hybridized carbons (Fsp3) is 0.367. The maximum absolute atomic E-state index is 13.5. The van der Waals surface area contributed by atoms with Crippen LogP contribution >= 0.6 is 0 Å². The van der Waals surface area contributed by atoms with Gasteiger partial charge in [0.1, 0.15) is 23.8 Å². The molecule has 3 aliphatic heterocycles. The summed E-state index contributed by atoms with van der Waals surface area (Å²) in [5.41, 5.74) is 4.93. The van der Waals surface area contributed by atoms with Crippen molar-refractivity contribution in [2.45, 2.75) is 44.0 Å². The minimum Gasteiger partial charge on any atom is -0.497 e. The summed E-state index contributed by atoms with van der Waals surface area (Å²) in [6, 6.07) is 12.3. The molecule has 9 nitrogen and oxygen atoms in total.